The van der Waals surface area contributed by atoms with E-state index in [1.165, 1.54) is 32.4 Å². The van der Waals surface area contributed by atoms with Gasteiger partial charge in [0.15, 0.2) is 0 Å². The summed E-state index contributed by atoms with van der Waals surface area (Å²) in [6.07, 6.45) is 3.91. The molecule has 2 aromatic rings. The molecule has 1 aromatic carbocycles. The van der Waals surface area contributed by atoms with Crippen LogP contribution in [-0.4, -0.2) is 46.8 Å². The molecular weight excluding hydrogens is 348 g/mol. The number of piperidine rings is 1. The number of aryl methyl sites for hydroxylation is 1. The maximum absolute atomic E-state index is 12.7. The second kappa shape index (κ2) is 8.69. The Morgan fingerprint density at radius 1 is 1.23 bits per heavy atom. The van der Waals surface area contributed by atoms with Gasteiger partial charge in [-0.05, 0) is 50.9 Å². The fourth-order valence-electron chi connectivity index (χ4n) is 3.50. The van der Waals surface area contributed by atoms with Crippen LogP contribution in [0.15, 0.2) is 30.3 Å². The van der Waals surface area contributed by atoms with Crippen LogP contribution in [0.25, 0.3) is 5.69 Å². The summed E-state index contributed by atoms with van der Waals surface area (Å²) in [7, 11) is 0. The number of aromatic nitrogens is 2. The number of carbonyl (C=O) groups excluding carboxylic acids is 1. The topological polar surface area (TPSA) is 50.2 Å². The number of amides is 1. The van der Waals surface area contributed by atoms with E-state index in [1.54, 1.807) is 4.68 Å². The molecule has 1 N–H and O–H groups in total. The van der Waals surface area contributed by atoms with Crippen molar-refractivity contribution < 1.29 is 4.79 Å². The minimum absolute atomic E-state index is 0.153. The third-order valence-electron chi connectivity index (χ3n) is 4.86. The number of hydrogen-bond acceptors (Lipinski definition) is 3. The van der Waals surface area contributed by atoms with Crippen molar-refractivity contribution in [3.63, 3.8) is 0 Å². The first-order chi connectivity index (χ1) is 12.6. The lowest BCUT2D eigenvalue weighted by atomic mass is 10.1. The molecule has 0 bridgehead atoms. The molecule has 1 atom stereocenters. The van der Waals surface area contributed by atoms with Crippen molar-refractivity contribution in [1.82, 2.24) is 20.0 Å². The smallest absolute Gasteiger partial charge is 0.256 e. The molecule has 0 radical (unpaired) electrons. The number of carbonyl (C=O) groups is 1. The molecule has 140 valence electrons. The van der Waals surface area contributed by atoms with Crippen LogP contribution >= 0.6 is 11.6 Å². The first-order valence-corrected chi connectivity index (χ1v) is 9.75. The van der Waals surface area contributed by atoms with E-state index in [4.69, 9.17) is 11.6 Å². The summed E-state index contributed by atoms with van der Waals surface area (Å²) in [6.45, 7) is 8.01. The zero-order valence-corrected chi connectivity index (χ0v) is 16.3. The highest BCUT2D eigenvalue weighted by Gasteiger charge is 2.22. The summed E-state index contributed by atoms with van der Waals surface area (Å²) < 4.78 is 1.61. The summed E-state index contributed by atoms with van der Waals surface area (Å²) >= 11 is 6.46. The predicted molar refractivity (Wildman–Crippen MR) is 105 cm³/mol. The SMILES string of the molecule is Cc1nn(-c2ccccc2)c(Cl)c1C(=O)NCC(C)CN1CCCCC1. The van der Waals surface area contributed by atoms with Crippen molar-refractivity contribution in [3.05, 3.63) is 46.7 Å². The molecule has 26 heavy (non-hydrogen) atoms. The average molecular weight is 375 g/mol. The number of nitrogens with one attached hydrogen (secondary N) is 1. The summed E-state index contributed by atoms with van der Waals surface area (Å²) in [5.74, 6) is 0.250. The van der Waals surface area contributed by atoms with Crippen LogP contribution in [0.1, 0.15) is 42.2 Å². The Morgan fingerprint density at radius 3 is 2.62 bits per heavy atom. The molecule has 1 fully saturated rings. The maximum atomic E-state index is 12.7. The zero-order chi connectivity index (χ0) is 18.5. The lowest BCUT2D eigenvalue weighted by Crippen LogP contribution is -2.38. The van der Waals surface area contributed by atoms with E-state index in [9.17, 15) is 4.79 Å². The number of benzene rings is 1. The first kappa shape index (κ1) is 18.9. The Labute approximate surface area is 160 Å². The monoisotopic (exact) mass is 374 g/mol. The van der Waals surface area contributed by atoms with Crippen LogP contribution in [-0.2, 0) is 0 Å². The number of likely N-dealkylation sites (tertiary alicyclic amines) is 1. The van der Waals surface area contributed by atoms with Crippen LogP contribution in [0.4, 0.5) is 0 Å². The average Bonchev–Trinajstić information content (AvgIpc) is 2.96. The normalized spacial score (nSPS) is 16.4. The Morgan fingerprint density at radius 2 is 1.92 bits per heavy atom. The van der Waals surface area contributed by atoms with Gasteiger partial charge in [-0.1, -0.05) is 43.1 Å². The molecule has 2 heterocycles. The second-order valence-electron chi connectivity index (χ2n) is 7.18. The highest BCUT2D eigenvalue weighted by molar-refractivity contribution is 6.33. The van der Waals surface area contributed by atoms with E-state index in [2.05, 4.69) is 22.2 Å². The Balaban J connectivity index is 1.62. The molecule has 1 aliphatic rings. The van der Waals surface area contributed by atoms with Gasteiger partial charge < -0.3 is 10.2 Å². The summed E-state index contributed by atoms with van der Waals surface area (Å²) in [6, 6.07) is 9.61. The van der Waals surface area contributed by atoms with E-state index < -0.39 is 0 Å². The van der Waals surface area contributed by atoms with Crippen LogP contribution in [0, 0.1) is 12.8 Å². The van der Waals surface area contributed by atoms with Crippen LogP contribution in [0.2, 0.25) is 5.15 Å². The quantitative estimate of drug-likeness (QED) is 0.838. The van der Waals surface area contributed by atoms with Gasteiger partial charge in [-0.25, -0.2) is 4.68 Å². The lowest BCUT2D eigenvalue weighted by Gasteiger charge is -2.29. The van der Waals surface area contributed by atoms with Crippen molar-refractivity contribution >= 4 is 17.5 Å². The number of nitrogens with zero attached hydrogens (tertiary/aromatic N) is 3. The van der Waals surface area contributed by atoms with Gasteiger partial charge in [0.05, 0.1) is 16.9 Å². The van der Waals surface area contributed by atoms with Crippen molar-refractivity contribution in [2.24, 2.45) is 5.92 Å². The summed E-state index contributed by atoms with van der Waals surface area (Å²) in [4.78, 5) is 15.2. The highest BCUT2D eigenvalue weighted by atomic mass is 35.5. The molecular formula is C20H27ClN4O. The van der Waals surface area contributed by atoms with E-state index in [1.807, 2.05) is 37.3 Å². The molecule has 1 aliphatic heterocycles. The molecule has 1 amide bonds. The number of hydrogen-bond donors (Lipinski definition) is 1. The van der Waals surface area contributed by atoms with Crippen molar-refractivity contribution in [2.75, 3.05) is 26.2 Å². The van der Waals surface area contributed by atoms with Crippen LogP contribution in [0.5, 0.6) is 0 Å². The molecule has 6 heteroatoms. The Bertz CT molecular complexity index is 738. The number of halogens is 1. The van der Waals surface area contributed by atoms with E-state index >= 15 is 0 Å². The fourth-order valence-corrected chi connectivity index (χ4v) is 3.86. The van der Waals surface area contributed by atoms with Crippen LogP contribution < -0.4 is 5.32 Å². The molecule has 0 spiro atoms. The predicted octanol–water partition coefficient (Wildman–Crippen LogP) is 3.69. The first-order valence-electron chi connectivity index (χ1n) is 9.37. The molecule has 5 nitrogen and oxygen atoms in total. The molecule has 1 unspecified atom stereocenters. The maximum Gasteiger partial charge on any atom is 0.256 e. The van der Waals surface area contributed by atoms with Crippen LogP contribution in [0.3, 0.4) is 0 Å². The van der Waals surface area contributed by atoms with Gasteiger partial charge in [-0.2, -0.15) is 5.10 Å². The van der Waals surface area contributed by atoms with E-state index in [0.29, 0.717) is 28.9 Å². The molecule has 1 saturated heterocycles. The molecule has 3 rings (SSSR count). The fraction of sp³-hybridized carbons (Fsp3) is 0.500. The van der Waals surface area contributed by atoms with E-state index in [0.717, 1.165) is 12.2 Å². The van der Waals surface area contributed by atoms with Gasteiger partial charge in [-0.15, -0.1) is 0 Å². The van der Waals surface area contributed by atoms with Crippen molar-refractivity contribution in [1.29, 1.82) is 0 Å². The van der Waals surface area contributed by atoms with Gasteiger partial charge in [-0.3, -0.25) is 4.79 Å². The third-order valence-corrected chi connectivity index (χ3v) is 5.21. The van der Waals surface area contributed by atoms with Gasteiger partial charge in [0.25, 0.3) is 5.91 Å². The third kappa shape index (κ3) is 4.46. The summed E-state index contributed by atoms with van der Waals surface area (Å²) in [5, 5.41) is 7.83. The molecule has 0 saturated carbocycles. The molecule has 1 aromatic heterocycles. The van der Waals surface area contributed by atoms with Gasteiger partial charge in [0.2, 0.25) is 0 Å². The lowest BCUT2D eigenvalue weighted by molar-refractivity contribution is 0.0942. The zero-order valence-electron chi connectivity index (χ0n) is 15.5. The minimum atomic E-state index is -0.153. The van der Waals surface area contributed by atoms with Crippen molar-refractivity contribution in [3.8, 4) is 5.69 Å². The highest BCUT2D eigenvalue weighted by Crippen LogP contribution is 2.23. The standard InChI is InChI=1S/C20H27ClN4O/c1-15(14-24-11-7-4-8-12-24)13-22-20(26)18-16(2)23-25(19(18)21)17-9-5-3-6-10-17/h3,5-6,9-10,15H,4,7-8,11-14H2,1-2H3,(H,22,26). The van der Waals surface area contributed by atoms with Gasteiger partial charge >= 0.3 is 0 Å². The number of para-hydroxylation sites is 1. The number of rotatable bonds is 6. The minimum Gasteiger partial charge on any atom is -0.352 e. The van der Waals surface area contributed by atoms with E-state index in [-0.39, 0.29) is 5.91 Å². The van der Waals surface area contributed by atoms with Crippen molar-refractivity contribution in [2.45, 2.75) is 33.1 Å². The summed E-state index contributed by atoms with van der Waals surface area (Å²) in [5.41, 5.74) is 1.94. The van der Waals surface area contributed by atoms with Gasteiger partial charge in [0.1, 0.15) is 5.15 Å². The Hall–Kier alpha value is -1.85. The molecule has 0 aliphatic carbocycles. The van der Waals surface area contributed by atoms with Gasteiger partial charge in [0, 0.05) is 13.1 Å². The second-order valence-corrected chi connectivity index (χ2v) is 7.53. The Kier molecular flexibility index (Phi) is 6.33. The largest absolute Gasteiger partial charge is 0.352 e.